The molecule has 2 rings (SSSR count). The second-order valence-corrected chi connectivity index (χ2v) is 4.45. The van der Waals surface area contributed by atoms with Gasteiger partial charge in [0.1, 0.15) is 1.37 Å². The molecule has 0 unspecified atom stereocenters. The maximum absolute atomic E-state index is 12.6. The van der Waals surface area contributed by atoms with Crippen LogP contribution in [0.4, 0.5) is 0 Å². The van der Waals surface area contributed by atoms with E-state index in [-0.39, 0.29) is 36.9 Å². The molecule has 0 fully saturated rings. The van der Waals surface area contributed by atoms with Gasteiger partial charge in [-0.15, -0.1) is 0 Å². The minimum absolute atomic E-state index is 0.0353. The summed E-state index contributed by atoms with van der Waals surface area (Å²) in [5.74, 6) is 0. The summed E-state index contributed by atoms with van der Waals surface area (Å²) in [5.41, 5.74) is -1.18. The Bertz CT molecular complexity index is 942. The van der Waals surface area contributed by atoms with E-state index in [1.54, 1.807) is 0 Å². The smallest absolute Gasteiger partial charge is 0.332 e. The van der Waals surface area contributed by atoms with Gasteiger partial charge in [0.25, 0.3) is 5.56 Å². The summed E-state index contributed by atoms with van der Waals surface area (Å²) < 4.78 is 47.7. The number of hydrogen-bond acceptors (Lipinski definition) is 4. The van der Waals surface area contributed by atoms with E-state index in [4.69, 9.17) is 8.22 Å². The van der Waals surface area contributed by atoms with E-state index < -0.39 is 30.6 Å². The van der Waals surface area contributed by atoms with Crippen molar-refractivity contribution in [2.75, 3.05) is 0 Å². The molecule has 20 heavy (non-hydrogen) atoms. The third-order valence-corrected chi connectivity index (χ3v) is 3.03. The number of aliphatic hydroxyl groups excluding tert-OH is 1. The minimum atomic E-state index is -2.87. The highest BCUT2D eigenvalue weighted by Gasteiger charge is 2.14. The molecule has 0 aliphatic carbocycles. The highest BCUT2D eigenvalue weighted by Crippen LogP contribution is 2.04. The number of rotatable bonds is 5. The van der Waals surface area contributed by atoms with Crippen molar-refractivity contribution in [1.29, 1.82) is 0 Å². The third kappa shape index (κ3) is 2.53. The topological polar surface area (TPSA) is 82.1 Å². The quantitative estimate of drug-likeness (QED) is 0.838. The molecule has 0 saturated heterocycles. The second kappa shape index (κ2) is 5.62. The Hall–Kier alpha value is -1.89. The van der Waals surface area contributed by atoms with E-state index in [0.29, 0.717) is 0 Å². The van der Waals surface area contributed by atoms with Gasteiger partial charge in [-0.2, -0.15) is 0 Å². The lowest BCUT2D eigenvalue weighted by Gasteiger charge is -2.09. The molecule has 0 aliphatic heterocycles. The molecule has 2 aromatic rings. The largest absolute Gasteiger partial charge is 0.393 e. The van der Waals surface area contributed by atoms with Gasteiger partial charge in [0, 0.05) is 27.5 Å². The van der Waals surface area contributed by atoms with E-state index in [2.05, 4.69) is 4.98 Å². The Morgan fingerprint density at radius 1 is 1.50 bits per heavy atom. The van der Waals surface area contributed by atoms with Gasteiger partial charge < -0.3 is 9.67 Å². The van der Waals surface area contributed by atoms with Crippen molar-refractivity contribution >= 4 is 11.2 Å². The first kappa shape index (κ1) is 8.41. The molecule has 0 spiro atoms. The summed E-state index contributed by atoms with van der Waals surface area (Å²) >= 11 is 0. The molecular weight excluding hydrogens is 260 g/mol. The number of aliphatic hydroxyl groups is 1. The number of fused-ring (bicyclic) bond motifs is 1. The van der Waals surface area contributed by atoms with Crippen LogP contribution in [0.2, 0.25) is 0 Å². The van der Waals surface area contributed by atoms with Gasteiger partial charge in [-0.05, 0) is 26.1 Å². The van der Waals surface area contributed by atoms with Crippen LogP contribution in [0.25, 0.3) is 11.2 Å². The minimum Gasteiger partial charge on any atom is -0.393 e. The molecule has 2 heterocycles. The zero-order valence-corrected chi connectivity index (χ0v) is 11.3. The van der Waals surface area contributed by atoms with E-state index >= 15 is 0 Å². The molecule has 0 aromatic carbocycles. The summed E-state index contributed by atoms with van der Waals surface area (Å²) in [6.45, 7) is -3.03. The fraction of sp³-hybridized carbons (Fsp3) is 0.615. The zero-order chi connectivity index (χ0) is 20.0. The normalized spacial score (nSPS) is 18.8. The van der Waals surface area contributed by atoms with Crippen LogP contribution >= 0.6 is 0 Å². The number of imidazole rings is 1. The Morgan fingerprint density at radius 2 is 2.25 bits per heavy atom. The fourth-order valence-corrected chi connectivity index (χ4v) is 2.01. The number of hydrogen-bond donors (Lipinski definition) is 1. The molecular formula is C13H20N4O3. The Kier molecular flexibility index (Phi) is 2.36. The first-order valence-electron chi connectivity index (χ1n) is 9.10. The SMILES string of the molecule is [2H]c1nc2c(c(=O)n(CCCC([2H])([2H])[C@@H](O)C([2H])([2H])[2H])c(=O)n2C)n1C. The Labute approximate surface area is 124 Å². The van der Waals surface area contributed by atoms with Crippen molar-refractivity contribution in [2.45, 2.75) is 38.7 Å². The van der Waals surface area contributed by atoms with Gasteiger partial charge in [-0.1, -0.05) is 0 Å². The molecule has 1 atom stereocenters. The van der Waals surface area contributed by atoms with Crippen LogP contribution in [0.5, 0.6) is 0 Å². The summed E-state index contributed by atoms with van der Waals surface area (Å²) in [6.07, 6.45) is -5.13. The molecule has 7 nitrogen and oxygen atoms in total. The lowest BCUT2D eigenvalue weighted by Crippen LogP contribution is -2.39. The molecule has 0 radical (unpaired) electrons. The van der Waals surface area contributed by atoms with Crippen molar-refractivity contribution in [3.63, 3.8) is 0 Å². The van der Waals surface area contributed by atoms with Crippen LogP contribution in [0.3, 0.4) is 0 Å². The van der Waals surface area contributed by atoms with Crippen molar-refractivity contribution < 1.29 is 13.3 Å². The second-order valence-electron chi connectivity index (χ2n) is 4.45. The highest BCUT2D eigenvalue weighted by atomic mass is 16.3. The van der Waals surface area contributed by atoms with E-state index in [1.807, 2.05) is 0 Å². The summed E-state index contributed by atoms with van der Waals surface area (Å²) in [5, 5.41) is 9.64. The molecule has 0 saturated carbocycles. The first-order chi connectivity index (χ1) is 11.8. The van der Waals surface area contributed by atoms with Gasteiger partial charge in [-0.25, -0.2) is 9.78 Å². The van der Waals surface area contributed by atoms with Crippen molar-refractivity contribution in [3.8, 4) is 0 Å². The van der Waals surface area contributed by atoms with Crippen molar-refractivity contribution in [1.82, 2.24) is 18.7 Å². The van der Waals surface area contributed by atoms with Crippen molar-refractivity contribution in [3.05, 3.63) is 27.1 Å². The summed E-state index contributed by atoms with van der Waals surface area (Å²) in [6, 6.07) is 0. The van der Waals surface area contributed by atoms with Gasteiger partial charge in [0.05, 0.1) is 12.4 Å². The van der Waals surface area contributed by atoms with E-state index in [9.17, 15) is 14.7 Å². The van der Waals surface area contributed by atoms with Crippen molar-refractivity contribution in [2.24, 2.45) is 14.1 Å². The highest BCUT2D eigenvalue weighted by molar-refractivity contribution is 5.69. The molecule has 110 valence electrons. The average molecular weight is 286 g/mol. The predicted octanol–water partition coefficient (Wildman–Crippen LogP) is -0.0152. The maximum Gasteiger partial charge on any atom is 0.332 e. The molecule has 1 N–H and O–H groups in total. The van der Waals surface area contributed by atoms with Crippen LogP contribution in [0, 0.1) is 0 Å². The first-order valence-corrected chi connectivity index (χ1v) is 6.10. The van der Waals surface area contributed by atoms with Crippen LogP contribution < -0.4 is 11.2 Å². The van der Waals surface area contributed by atoms with Gasteiger partial charge in [0.15, 0.2) is 11.2 Å². The third-order valence-electron chi connectivity index (χ3n) is 3.03. The molecule has 2 aromatic heterocycles. The standard InChI is InChI=1S/C13H20N4O3/c1-9(18)6-4-5-7-17-12(19)10-11(14-8-15(10)2)16(3)13(17)20/h8-9,18H,4-7H2,1-3H3/t9-/m0/s1/i1D3,6D2,8D. The van der Waals surface area contributed by atoms with Crippen LogP contribution in [-0.4, -0.2) is 29.9 Å². The predicted molar refractivity (Wildman–Crippen MR) is 75.7 cm³/mol. The van der Waals surface area contributed by atoms with Crippen LogP contribution in [-0.2, 0) is 20.6 Å². The summed E-state index contributed by atoms with van der Waals surface area (Å²) in [4.78, 5) is 28.8. The fourth-order valence-electron chi connectivity index (χ4n) is 2.01. The Balaban J connectivity index is 2.32. The van der Waals surface area contributed by atoms with Crippen LogP contribution in [0.1, 0.15) is 34.3 Å². The Morgan fingerprint density at radius 3 is 2.95 bits per heavy atom. The molecule has 0 bridgehead atoms. The van der Waals surface area contributed by atoms with E-state index in [1.165, 1.54) is 18.7 Å². The number of aromatic nitrogens is 4. The zero-order valence-electron chi connectivity index (χ0n) is 17.3. The maximum atomic E-state index is 12.6. The van der Waals surface area contributed by atoms with E-state index in [0.717, 1.165) is 9.13 Å². The molecule has 7 heteroatoms. The van der Waals surface area contributed by atoms with Gasteiger partial charge >= 0.3 is 5.69 Å². The molecule has 0 aliphatic rings. The lowest BCUT2D eigenvalue weighted by atomic mass is 10.2. The number of aryl methyl sites for hydroxylation is 2. The average Bonchev–Trinajstić information content (AvgIpc) is 2.82. The summed E-state index contributed by atoms with van der Waals surface area (Å²) in [7, 11) is 2.88. The molecule has 0 amide bonds. The van der Waals surface area contributed by atoms with Gasteiger partial charge in [-0.3, -0.25) is 13.9 Å². The number of nitrogens with zero attached hydrogens (tertiary/aromatic N) is 4. The monoisotopic (exact) mass is 286 g/mol. The lowest BCUT2D eigenvalue weighted by molar-refractivity contribution is 0.180. The van der Waals surface area contributed by atoms with Crippen LogP contribution in [0.15, 0.2) is 15.9 Å². The van der Waals surface area contributed by atoms with Gasteiger partial charge in [0.2, 0.25) is 0 Å².